The first kappa shape index (κ1) is 16.0. The molecule has 0 saturated heterocycles. The van der Waals surface area contributed by atoms with Crippen molar-refractivity contribution in [2.24, 2.45) is 5.41 Å². The van der Waals surface area contributed by atoms with Gasteiger partial charge in [0, 0.05) is 17.1 Å². The third-order valence-corrected chi connectivity index (χ3v) is 5.45. The van der Waals surface area contributed by atoms with Gasteiger partial charge in [-0.05, 0) is 49.1 Å². The van der Waals surface area contributed by atoms with Gasteiger partial charge in [0.1, 0.15) is 0 Å². The third kappa shape index (κ3) is 4.60. The molecule has 112 valence electrons. The second-order valence-electron chi connectivity index (χ2n) is 6.38. The summed E-state index contributed by atoms with van der Waals surface area (Å²) in [6, 6.07) is 9.52. The molecule has 1 aliphatic carbocycles. The minimum Gasteiger partial charge on any atom is -0.313 e. The lowest BCUT2D eigenvalue weighted by Crippen LogP contribution is -2.37. The second kappa shape index (κ2) is 7.61. The summed E-state index contributed by atoms with van der Waals surface area (Å²) in [4.78, 5) is 0. The van der Waals surface area contributed by atoms with E-state index in [0.29, 0.717) is 5.41 Å². The van der Waals surface area contributed by atoms with E-state index in [-0.39, 0.29) is 0 Å². The molecule has 0 bridgehead atoms. The molecule has 1 fully saturated rings. The predicted octanol–water partition coefficient (Wildman–Crippen LogP) is 5.33. The lowest BCUT2D eigenvalue weighted by atomic mass is 9.75. The molecule has 2 rings (SSSR count). The molecule has 1 aromatic rings. The van der Waals surface area contributed by atoms with Gasteiger partial charge in [0.2, 0.25) is 0 Å². The van der Waals surface area contributed by atoms with Gasteiger partial charge in [-0.15, -0.1) is 0 Å². The van der Waals surface area contributed by atoms with Crippen LogP contribution in [0.4, 0.5) is 0 Å². The zero-order valence-electron chi connectivity index (χ0n) is 12.9. The van der Waals surface area contributed by atoms with E-state index in [2.05, 4.69) is 59.4 Å². The average Bonchev–Trinajstić information content (AvgIpc) is 3.28. The number of halogens is 1. The molecule has 0 aromatic heterocycles. The number of hydrogen-bond donors (Lipinski definition) is 1. The van der Waals surface area contributed by atoms with Crippen molar-refractivity contribution in [2.75, 3.05) is 6.54 Å². The lowest BCUT2D eigenvalue weighted by molar-refractivity contribution is 0.228. The zero-order valence-corrected chi connectivity index (χ0v) is 14.5. The number of unbranched alkanes of at least 4 members (excludes halogenated alkanes) is 1. The molecule has 0 aliphatic heterocycles. The highest BCUT2D eigenvalue weighted by atomic mass is 79.9. The molecule has 1 saturated carbocycles. The maximum absolute atomic E-state index is 3.78. The van der Waals surface area contributed by atoms with Crippen molar-refractivity contribution in [1.29, 1.82) is 0 Å². The molecule has 1 aromatic carbocycles. The summed E-state index contributed by atoms with van der Waals surface area (Å²) in [6.07, 6.45) is 9.16. The van der Waals surface area contributed by atoms with Crippen LogP contribution in [0.15, 0.2) is 28.7 Å². The normalized spacial score (nSPS) is 17.9. The monoisotopic (exact) mass is 337 g/mol. The van der Waals surface area contributed by atoms with Gasteiger partial charge in [0.15, 0.2) is 0 Å². The molecule has 0 heterocycles. The summed E-state index contributed by atoms with van der Waals surface area (Å²) in [7, 11) is 0. The highest BCUT2D eigenvalue weighted by Gasteiger charge is 2.31. The van der Waals surface area contributed by atoms with Gasteiger partial charge in [-0.2, -0.15) is 0 Å². The maximum Gasteiger partial charge on any atom is 0.0207 e. The van der Waals surface area contributed by atoms with E-state index in [1.807, 2.05) is 0 Å². The Hall–Kier alpha value is -0.340. The number of rotatable bonds is 9. The van der Waals surface area contributed by atoms with E-state index >= 15 is 0 Å². The minimum absolute atomic E-state index is 0.419. The summed E-state index contributed by atoms with van der Waals surface area (Å²) in [5.41, 5.74) is 1.88. The second-order valence-corrected chi connectivity index (χ2v) is 7.23. The van der Waals surface area contributed by atoms with Crippen LogP contribution in [0.1, 0.15) is 57.9 Å². The Balaban J connectivity index is 2.08. The Morgan fingerprint density at radius 1 is 1.25 bits per heavy atom. The van der Waals surface area contributed by atoms with Crippen LogP contribution in [0.3, 0.4) is 0 Å². The fourth-order valence-electron chi connectivity index (χ4n) is 2.91. The fraction of sp³-hybridized carbons (Fsp3) is 0.667. The van der Waals surface area contributed by atoms with Crippen LogP contribution in [0.5, 0.6) is 0 Å². The maximum atomic E-state index is 3.78. The Morgan fingerprint density at radius 3 is 2.60 bits per heavy atom. The summed E-state index contributed by atoms with van der Waals surface area (Å²) >= 11 is 3.72. The first-order valence-electron chi connectivity index (χ1n) is 8.16. The van der Waals surface area contributed by atoms with Crippen LogP contribution in [0, 0.1) is 5.41 Å². The van der Waals surface area contributed by atoms with Gasteiger partial charge in [-0.3, -0.25) is 0 Å². The highest BCUT2D eigenvalue weighted by Crippen LogP contribution is 2.35. The smallest absolute Gasteiger partial charge is 0.0207 e. The Bertz CT molecular complexity index is 414. The van der Waals surface area contributed by atoms with Crippen LogP contribution >= 0.6 is 15.9 Å². The van der Waals surface area contributed by atoms with E-state index in [4.69, 9.17) is 0 Å². The summed E-state index contributed by atoms with van der Waals surface area (Å²) < 4.78 is 1.26. The van der Waals surface area contributed by atoms with Gasteiger partial charge >= 0.3 is 0 Å². The van der Waals surface area contributed by atoms with Crippen molar-refractivity contribution in [2.45, 2.75) is 64.8 Å². The van der Waals surface area contributed by atoms with Crippen molar-refractivity contribution in [3.8, 4) is 0 Å². The standard InChI is InChI=1S/C18H28BrN/c1-3-5-12-18(4-2,14-20-16-10-11-16)13-15-8-6-7-9-17(15)19/h6-9,16,20H,3-5,10-14H2,1-2H3. The van der Waals surface area contributed by atoms with Crippen molar-refractivity contribution in [1.82, 2.24) is 5.32 Å². The van der Waals surface area contributed by atoms with Crippen LogP contribution in [0.25, 0.3) is 0 Å². The van der Waals surface area contributed by atoms with E-state index in [1.165, 1.54) is 61.5 Å². The van der Waals surface area contributed by atoms with Crippen LogP contribution in [-0.2, 0) is 6.42 Å². The third-order valence-electron chi connectivity index (χ3n) is 4.68. The molecule has 2 heteroatoms. The molecular formula is C18H28BrN. The van der Waals surface area contributed by atoms with Gasteiger partial charge < -0.3 is 5.32 Å². The van der Waals surface area contributed by atoms with E-state index in [0.717, 1.165) is 6.04 Å². The van der Waals surface area contributed by atoms with Crippen LogP contribution in [0.2, 0.25) is 0 Å². The minimum atomic E-state index is 0.419. The quantitative estimate of drug-likeness (QED) is 0.642. The Kier molecular flexibility index (Phi) is 6.10. The molecule has 1 unspecified atom stereocenters. The summed E-state index contributed by atoms with van der Waals surface area (Å²) in [5, 5.41) is 3.78. The van der Waals surface area contributed by atoms with Crippen molar-refractivity contribution < 1.29 is 0 Å². The van der Waals surface area contributed by atoms with Gasteiger partial charge in [0.25, 0.3) is 0 Å². The molecule has 20 heavy (non-hydrogen) atoms. The number of nitrogens with one attached hydrogen (secondary N) is 1. The average molecular weight is 338 g/mol. The van der Waals surface area contributed by atoms with Crippen LogP contribution in [-0.4, -0.2) is 12.6 Å². The van der Waals surface area contributed by atoms with E-state index < -0.39 is 0 Å². The van der Waals surface area contributed by atoms with E-state index in [9.17, 15) is 0 Å². The molecule has 1 atom stereocenters. The lowest BCUT2D eigenvalue weighted by Gasteiger charge is -2.34. The highest BCUT2D eigenvalue weighted by molar-refractivity contribution is 9.10. The van der Waals surface area contributed by atoms with Gasteiger partial charge in [-0.1, -0.05) is 60.8 Å². The molecule has 1 nitrogen and oxygen atoms in total. The van der Waals surface area contributed by atoms with E-state index in [1.54, 1.807) is 0 Å². The molecule has 0 spiro atoms. The Labute approximate surface area is 132 Å². The van der Waals surface area contributed by atoms with Crippen molar-refractivity contribution in [3.63, 3.8) is 0 Å². The number of hydrogen-bond acceptors (Lipinski definition) is 1. The summed E-state index contributed by atoms with van der Waals surface area (Å²) in [5.74, 6) is 0. The Morgan fingerprint density at radius 2 is 2.00 bits per heavy atom. The predicted molar refractivity (Wildman–Crippen MR) is 91.1 cm³/mol. The fourth-order valence-corrected chi connectivity index (χ4v) is 3.34. The zero-order chi connectivity index (χ0) is 14.4. The molecule has 1 aliphatic rings. The first-order chi connectivity index (χ1) is 9.69. The van der Waals surface area contributed by atoms with Crippen molar-refractivity contribution >= 4 is 15.9 Å². The molecule has 1 N–H and O–H groups in total. The molecule has 0 radical (unpaired) electrons. The molecule has 0 amide bonds. The SMILES string of the molecule is CCCCC(CC)(CNC1CC1)Cc1ccccc1Br. The largest absolute Gasteiger partial charge is 0.313 e. The summed E-state index contributed by atoms with van der Waals surface area (Å²) in [6.45, 7) is 5.84. The molecular weight excluding hydrogens is 310 g/mol. The number of benzene rings is 1. The topological polar surface area (TPSA) is 12.0 Å². The van der Waals surface area contributed by atoms with Gasteiger partial charge in [-0.25, -0.2) is 0 Å². The first-order valence-corrected chi connectivity index (χ1v) is 8.95. The van der Waals surface area contributed by atoms with Crippen LogP contribution < -0.4 is 5.32 Å². The van der Waals surface area contributed by atoms with Gasteiger partial charge in [0.05, 0.1) is 0 Å². The van der Waals surface area contributed by atoms with Crippen molar-refractivity contribution in [3.05, 3.63) is 34.3 Å².